The van der Waals surface area contributed by atoms with Crippen molar-refractivity contribution < 1.29 is 14.8 Å². The van der Waals surface area contributed by atoms with Crippen LogP contribution in [0.15, 0.2) is 54.7 Å². The molecule has 1 aliphatic heterocycles. The number of rotatable bonds is 6. The van der Waals surface area contributed by atoms with Crippen molar-refractivity contribution in [3.63, 3.8) is 0 Å². The van der Waals surface area contributed by atoms with E-state index in [0.717, 1.165) is 6.54 Å². The number of amides is 1. The van der Waals surface area contributed by atoms with E-state index in [1.165, 1.54) is 17.6 Å². The van der Waals surface area contributed by atoms with Gasteiger partial charge in [0.25, 0.3) is 5.91 Å². The highest BCUT2D eigenvalue weighted by atomic mass is 35.5. The molecule has 1 amide bonds. The molecular weight excluding hydrogens is 368 g/mol. The fourth-order valence-corrected chi connectivity index (χ4v) is 2.95. The molecule has 2 aromatic rings. The molecule has 1 aromatic carbocycles. The quantitative estimate of drug-likeness (QED) is 0.261. The maximum absolute atomic E-state index is 13.0. The molecular formula is C19H21ClN4O3. The molecule has 0 radical (unpaired) electrons. The molecule has 142 valence electrons. The number of pyridine rings is 1. The number of nitrogens with zero attached hydrogens (tertiary/aromatic N) is 1. The van der Waals surface area contributed by atoms with Gasteiger partial charge in [-0.15, -0.1) is 12.4 Å². The summed E-state index contributed by atoms with van der Waals surface area (Å²) < 4.78 is 0. The normalized spacial score (nSPS) is 18.7. The van der Waals surface area contributed by atoms with E-state index in [9.17, 15) is 9.59 Å². The topological polar surface area (TPSA) is 103 Å². The van der Waals surface area contributed by atoms with E-state index in [1.54, 1.807) is 18.3 Å². The third-order valence-corrected chi connectivity index (χ3v) is 4.32. The van der Waals surface area contributed by atoms with Gasteiger partial charge in [-0.2, -0.15) is 0 Å². The van der Waals surface area contributed by atoms with Crippen molar-refractivity contribution in [3.05, 3.63) is 65.9 Å². The summed E-state index contributed by atoms with van der Waals surface area (Å²) in [5, 5.41) is 15.0. The van der Waals surface area contributed by atoms with Crippen LogP contribution in [0.25, 0.3) is 6.08 Å². The van der Waals surface area contributed by atoms with Crippen LogP contribution in [-0.2, 0) is 4.79 Å². The zero-order chi connectivity index (χ0) is 18.4. The third-order valence-electron chi connectivity index (χ3n) is 4.32. The van der Waals surface area contributed by atoms with Crippen LogP contribution in [0.3, 0.4) is 0 Å². The summed E-state index contributed by atoms with van der Waals surface area (Å²) in [5.74, 6) is 0.00636. The van der Waals surface area contributed by atoms with Crippen LogP contribution in [0.4, 0.5) is 5.82 Å². The number of Topliss-reactive ketones (excluding diaryl/α,β-unsaturated/α-hetero) is 1. The summed E-state index contributed by atoms with van der Waals surface area (Å²) in [6.07, 6.45) is 4.99. The first-order chi connectivity index (χ1) is 12.6. The maximum atomic E-state index is 13.0. The predicted molar refractivity (Wildman–Crippen MR) is 105 cm³/mol. The Bertz CT molecular complexity index is 803. The zero-order valence-corrected chi connectivity index (χ0v) is 15.3. The minimum atomic E-state index is -0.734. The van der Waals surface area contributed by atoms with E-state index >= 15 is 0 Å². The van der Waals surface area contributed by atoms with Crippen molar-refractivity contribution in [2.45, 2.75) is 12.0 Å². The summed E-state index contributed by atoms with van der Waals surface area (Å²) in [5.41, 5.74) is 2.16. The minimum Gasteiger partial charge on any atom is -0.356 e. The van der Waals surface area contributed by atoms with Crippen molar-refractivity contribution in [2.75, 3.05) is 18.4 Å². The number of hydrogen-bond acceptors (Lipinski definition) is 6. The number of aromatic nitrogens is 1. The number of carbonyl (C=O) groups is 2. The van der Waals surface area contributed by atoms with Gasteiger partial charge < -0.3 is 10.6 Å². The van der Waals surface area contributed by atoms with Crippen LogP contribution in [-0.4, -0.2) is 40.5 Å². The van der Waals surface area contributed by atoms with Crippen LogP contribution in [0.1, 0.15) is 22.3 Å². The van der Waals surface area contributed by atoms with Gasteiger partial charge in [-0.1, -0.05) is 30.3 Å². The first-order valence-corrected chi connectivity index (χ1v) is 8.30. The highest BCUT2D eigenvalue weighted by molar-refractivity contribution is 6.05. The van der Waals surface area contributed by atoms with E-state index in [4.69, 9.17) is 5.21 Å². The lowest BCUT2D eigenvalue weighted by atomic mass is 9.88. The summed E-state index contributed by atoms with van der Waals surface area (Å²) in [7, 11) is 0. The SMILES string of the molecule is Cl.O=C(/C=C/c1ccc(N[C@]2(C(=O)c3ccccc3)CCNC2)nc1)NO. The molecule has 2 heterocycles. The molecule has 0 spiro atoms. The van der Waals surface area contributed by atoms with E-state index in [0.29, 0.717) is 29.9 Å². The van der Waals surface area contributed by atoms with Crippen molar-refractivity contribution in [1.29, 1.82) is 0 Å². The van der Waals surface area contributed by atoms with Crippen molar-refractivity contribution in [1.82, 2.24) is 15.8 Å². The number of hydrogen-bond donors (Lipinski definition) is 4. The molecule has 3 rings (SSSR count). The van der Waals surface area contributed by atoms with Gasteiger partial charge >= 0.3 is 0 Å². The fraction of sp³-hybridized carbons (Fsp3) is 0.211. The van der Waals surface area contributed by atoms with E-state index in [-0.39, 0.29) is 18.2 Å². The van der Waals surface area contributed by atoms with Crippen LogP contribution in [0, 0.1) is 0 Å². The Balaban J connectivity index is 0.00000261. The molecule has 1 saturated heterocycles. The van der Waals surface area contributed by atoms with Crippen LogP contribution >= 0.6 is 12.4 Å². The van der Waals surface area contributed by atoms with Gasteiger partial charge in [0.2, 0.25) is 0 Å². The van der Waals surface area contributed by atoms with Crippen LogP contribution in [0.2, 0.25) is 0 Å². The summed E-state index contributed by atoms with van der Waals surface area (Å²) in [6, 6.07) is 12.8. The second-order valence-corrected chi connectivity index (χ2v) is 6.12. The fourth-order valence-electron chi connectivity index (χ4n) is 2.95. The molecule has 0 saturated carbocycles. The molecule has 0 unspecified atom stereocenters. The lowest BCUT2D eigenvalue weighted by molar-refractivity contribution is -0.124. The minimum absolute atomic E-state index is 0. The van der Waals surface area contributed by atoms with Crippen molar-refractivity contribution in [3.8, 4) is 0 Å². The summed E-state index contributed by atoms with van der Waals surface area (Å²) in [6.45, 7) is 1.28. The standard InChI is InChI=1S/C19H20N4O3.ClH/c24-17(23-26)9-7-14-6-8-16(21-12-14)22-19(10-11-20-13-19)18(25)15-4-2-1-3-5-15;/h1-9,12,20,26H,10-11,13H2,(H,21,22)(H,23,24);1H/b9-7+;/t19-;/m1./s1. The molecule has 1 aromatic heterocycles. The van der Waals surface area contributed by atoms with Gasteiger partial charge in [-0.3, -0.25) is 14.8 Å². The number of nitrogens with one attached hydrogen (secondary N) is 3. The lowest BCUT2D eigenvalue weighted by Gasteiger charge is -2.28. The van der Waals surface area contributed by atoms with E-state index < -0.39 is 11.4 Å². The average molecular weight is 389 g/mol. The van der Waals surface area contributed by atoms with Gasteiger partial charge in [0, 0.05) is 24.4 Å². The molecule has 4 N–H and O–H groups in total. The summed E-state index contributed by atoms with van der Waals surface area (Å²) in [4.78, 5) is 28.4. The molecule has 27 heavy (non-hydrogen) atoms. The smallest absolute Gasteiger partial charge is 0.267 e. The van der Waals surface area contributed by atoms with E-state index in [2.05, 4.69) is 15.6 Å². The molecule has 1 aliphatic rings. The molecule has 1 fully saturated rings. The van der Waals surface area contributed by atoms with Crippen molar-refractivity contribution >= 4 is 36.0 Å². The number of anilines is 1. The summed E-state index contributed by atoms with van der Waals surface area (Å²) >= 11 is 0. The third kappa shape index (κ3) is 4.91. The number of benzene rings is 1. The highest BCUT2D eigenvalue weighted by Gasteiger charge is 2.41. The molecule has 8 heteroatoms. The highest BCUT2D eigenvalue weighted by Crippen LogP contribution is 2.25. The van der Waals surface area contributed by atoms with Gasteiger partial charge in [0.1, 0.15) is 11.4 Å². The molecule has 0 aliphatic carbocycles. The van der Waals surface area contributed by atoms with Gasteiger partial charge in [-0.05, 0) is 36.7 Å². The number of carbonyl (C=O) groups excluding carboxylic acids is 2. The predicted octanol–water partition coefficient (Wildman–Crippen LogP) is 2.05. The molecule has 7 nitrogen and oxygen atoms in total. The van der Waals surface area contributed by atoms with Crippen LogP contribution < -0.4 is 16.1 Å². The van der Waals surface area contributed by atoms with Gasteiger partial charge in [0.15, 0.2) is 5.78 Å². The number of ketones is 1. The maximum Gasteiger partial charge on any atom is 0.267 e. The molecule has 0 bridgehead atoms. The average Bonchev–Trinajstić information content (AvgIpc) is 3.17. The lowest BCUT2D eigenvalue weighted by Crippen LogP contribution is -2.48. The first kappa shape index (κ1) is 20.6. The monoisotopic (exact) mass is 388 g/mol. The van der Waals surface area contributed by atoms with Gasteiger partial charge in [-0.25, -0.2) is 10.5 Å². The largest absolute Gasteiger partial charge is 0.356 e. The second-order valence-electron chi connectivity index (χ2n) is 6.12. The van der Waals surface area contributed by atoms with Crippen LogP contribution in [0.5, 0.6) is 0 Å². The Labute approximate surface area is 163 Å². The van der Waals surface area contributed by atoms with E-state index in [1.807, 2.05) is 30.3 Å². The zero-order valence-electron chi connectivity index (χ0n) is 14.5. The Kier molecular flexibility index (Phi) is 7.06. The second kappa shape index (κ2) is 9.27. The van der Waals surface area contributed by atoms with Crippen molar-refractivity contribution in [2.24, 2.45) is 0 Å². The number of hydroxylamine groups is 1. The first-order valence-electron chi connectivity index (χ1n) is 8.30. The van der Waals surface area contributed by atoms with Gasteiger partial charge in [0.05, 0.1) is 0 Å². The Hall–Kier alpha value is -2.74. The Morgan fingerprint density at radius 1 is 1.19 bits per heavy atom. The molecule has 1 atom stereocenters. The Morgan fingerprint density at radius 2 is 1.96 bits per heavy atom. The Morgan fingerprint density at radius 3 is 2.56 bits per heavy atom. The number of halogens is 1.